The fourth-order valence-corrected chi connectivity index (χ4v) is 1.28. The fourth-order valence-electron chi connectivity index (χ4n) is 1.28. The lowest BCUT2D eigenvalue weighted by molar-refractivity contribution is -0.254. The third kappa shape index (κ3) is 1.24. The van der Waals surface area contributed by atoms with Gasteiger partial charge >= 0.3 is 0 Å². The van der Waals surface area contributed by atoms with E-state index in [2.05, 4.69) is 4.98 Å². The Morgan fingerprint density at radius 2 is 2.00 bits per heavy atom. The van der Waals surface area contributed by atoms with E-state index in [1.807, 2.05) is 12.1 Å². The van der Waals surface area contributed by atoms with E-state index in [9.17, 15) is 9.90 Å². The Morgan fingerprint density at radius 3 is 2.77 bits per heavy atom. The van der Waals surface area contributed by atoms with Crippen molar-refractivity contribution >= 4 is 16.7 Å². The number of carbonyl (C=O) groups is 1. The van der Waals surface area contributed by atoms with Crippen molar-refractivity contribution in [2.75, 3.05) is 0 Å². The van der Waals surface area contributed by atoms with Crippen molar-refractivity contribution in [2.45, 2.75) is 0 Å². The van der Waals surface area contributed by atoms with Crippen LogP contribution in [0.15, 0.2) is 36.7 Å². The van der Waals surface area contributed by atoms with Crippen molar-refractivity contribution in [1.29, 1.82) is 0 Å². The molecule has 0 aliphatic carbocycles. The number of nitrogens with zero attached hydrogens (tertiary/aromatic N) is 1. The van der Waals surface area contributed by atoms with Gasteiger partial charge in [0.2, 0.25) is 0 Å². The second-order valence-corrected chi connectivity index (χ2v) is 2.70. The number of hydrogen-bond donors (Lipinski definition) is 0. The first-order chi connectivity index (χ1) is 6.29. The van der Waals surface area contributed by atoms with E-state index in [0.717, 1.165) is 5.39 Å². The molecule has 0 saturated carbocycles. The Balaban J connectivity index is 2.83. The van der Waals surface area contributed by atoms with Crippen LogP contribution in [0.5, 0.6) is 0 Å². The average molecular weight is 172 g/mol. The van der Waals surface area contributed by atoms with Crippen LogP contribution < -0.4 is 5.11 Å². The topological polar surface area (TPSA) is 53.0 Å². The minimum absolute atomic E-state index is 0.137. The number of benzene rings is 1. The third-order valence-corrected chi connectivity index (χ3v) is 1.89. The van der Waals surface area contributed by atoms with E-state index >= 15 is 0 Å². The number of aromatic carboxylic acids is 1. The first-order valence-corrected chi connectivity index (χ1v) is 3.83. The van der Waals surface area contributed by atoms with Crippen molar-refractivity contribution in [3.63, 3.8) is 0 Å². The molecule has 0 saturated heterocycles. The lowest BCUT2D eigenvalue weighted by Crippen LogP contribution is -2.22. The molecule has 0 N–H and O–H groups in total. The van der Waals surface area contributed by atoms with Crippen LogP contribution in [0.1, 0.15) is 10.4 Å². The predicted molar refractivity (Wildman–Crippen MR) is 46.1 cm³/mol. The predicted octanol–water partition coefficient (Wildman–Crippen LogP) is 0.598. The molecule has 0 unspecified atom stereocenters. The molecule has 1 aromatic carbocycles. The highest BCUT2D eigenvalue weighted by molar-refractivity contribution is 6.01. The van der Waals surface area contributed by atoms with Crippen LogP contribution in [0.2, 0.25) is 0 Å². The first-order valence-electron chi connectivity index (χ1n) is 3.83. The Morgan fingerprint density at radius 1 is 1.23 bits per heavy atom. The van der Waals surface area contributed by atoms with Gasteiger partial charge in [-0.25, -0.2) is 0 Å². The standard InChI is InChI=1S/C10H7NO2/c12-10(13)9-6-11-5-7-3-1-2-4-8(7)9/h1-6H,(H,12,13)/p-1. The molecule has 0 radical (unpaired) electrons. The highest BCUT2D eigenvalue weighted by atomic mass is 16.4. The van der Waals surface area contributed by atoms with E-state index in [1.54, 1.807) is 18.3 Å². The number of carboxylic acid groups (broad SMARTS) is 1. The van der Waals surface area contributed by atoms with Gasteiger partial charge < -0.3 is 9.90 Å². The lowest BCUT2D eigenvalue weighted by atomic mass is 10.1. The Hall–Kier alpha value is -1.90. The summed E-state index contributed by atoms with van der Waals surface area (Å²) < 4.78 is 0. The smallest absolute Gasteiger partial charge is 0.0737 e. The quantitative estimate of drug-likeness (QED) is 0.632. The summed E-state index contributed by atoms with van der Waals surface area (Å²) in [6, 6.07) is 7.18. The zero-order chi connectivity index (χ0) is 9.26. The summed E-state index contributed by atoms with van der Waals surface area (Å²) in [6.07, 6.45) is 2.93. The molecule has 0 fully saturated rings. The highest BCUT2D eigenvalue weighted by Gasteiger charge is 2.00. The minimum atomic E-state index is -1.19. The summed E-state index contributed by atoms with van der Waals surface area (Å²) in [5.41, 5.74) is 0.137. The normalized spacial score (nSPS) is 10.2. The van der Waals surface area contributed by atoms with Crippen molar-refractivity contribution in [3.8, 4) is 0 Å². The van der Waals surface area contributed by atoms with Crippen molar-refractivity contribution in [3.05, 3.63) is 42.2 Å². The van der Waals surface area contributed by atoms with E-state index in [0.29, 0.717) is 5.39 Å². The monoisotopic (exact) mass is 172 g/mol. The molecule has 0 spiro atoms. The minimum Gasteiger partial charge on any atom is -0.545 e. The van der Waals surface area contributed by atoms with E-state index in [-0.39, 0.29) is 5.56 Å². The van der Waals surface area contributed by atoms with Crippen LogP contribution in [0.3, 0.4) is 0 Å². The van der Waals surface area contributed by atoms with Gasteiger partial charge in [-0.05, 0) is 5.39 Å². The molecule has 3 heteroatoms. The zero-order valence-electron chi connectivity index (χ0n) is 6.73. The molecular weight excluding hydrogens is 166 g/mol. The largest absolute Gasteiger partial charge is 0.545 e. The summed E-state index contributed by atoms with van der Waals surface area (Å²) in [5.74, 6) is -1.19. The summed E-state index contributed by atoms with van der Waals surface area (Å²) in [7, 11) is 0. The second-order valence-electron chi connectivity index (χ2n) is 2.70. The Kier molecular flexibility index (Phi) is 1.70. The fraction of sp³-hybridized carbons (Fsp3) is 0. The second kappa shape index (κ2) is 2.86. The van der Waals surface area contributed by atoms with Crippen LogP contribution >= 0.6 is 0 Å². The summed E-state index contributed by atoms with van der Waals surface area (Å²) >= 11 is 0. The molecule has 2 rings (SSSR count). The van der Waals surface area contributed by atoms with Crippen molar-refractivity contribution < 1.29 is 9.90 Å². The molecule has 0 bridgehead atoms. The molecule has 2 aromatic rings. The maximum atomic E-state index is 10.7. The van der Waals surface area contributed by atoms with Gasteiger partial charge in [0.15, 0.2) is 0 Å². The summed E-state index contributed by atoms with van der Waals surface area (Å²) in [6.45, 7) is 0. The van der Waals surface area contributed by atoms with E-state index in [4.69, 9.17) is 0 Å². The van der Waals surface area contributed by atoms with Crippen LogP contribution in [0, 0.1) is 0 Å². The van der Waals surface area contributed by atoms with Gasteiger partial charge in [0, 0.05) is 23.3 Å². The number of aromatic nitrogens is 1. The van der Waals surface area contributed by atoms with Crippen LogP contribution in [0.25, 0.3) is 10.8 Å². The van der Waals surface area contributed by atoms with Gasteiger partial charge in [0.25, 0.3) is 0 Å². The SMILES string of the molecule is O=C([O-])c1cncc2ccccc12. The highest BCUT2D eigenvalue weighted by Crippen LogP contribution is 2.15. The van der Waals surface area contributed by atoms with Crippen LogP contribution in [-0.4, -0.2) is 11.0 Å². The molecule has 3 nitrogen and oxygen atoms in total. The molecule has 64 valence electrons. The van der Waals surface area contributed by atoms with Gasteiger partial charge in [0.1, 0.15) is 0 Å². The lowest BCUT2D eigenvalue weighted by Gasteiger charge is -2.05. The molecule has 13 heavy (non-hydrogen) atoms. The van der Waals surface area contributed by atoms with E-state index in [1.165, 1.54) is 6.20 Å². The maximum Gasteiger partial charge on any atom is 0.0737 e. The Bertz CT molecular complexity index is 460. The first kappa shape index (κ1) is 7.73. The zero-order valence-corrected chi connectivity index (χ0v) is 6.73. The average Bonchev–Trinajstić information content (AvgIpc) is 2.17. The van der Waals surface area contributed by atoms with Gasteiger partial charge in [-0.15, -0.1) is 0 Å². The van der Waals surface area contributed by atoms with Gasteiger partial charge in [-0.2, -0.15) is 0 Å². The van der Waals surface area contributed by atoms with Crippen LogP contribution in [-0.2, 0) is 0 Å². The third-order valence-electron chi connectivity index (χ3n) is 1.89. The van der Waals surface area contributed by atoms with Gasteiger partial charge in [-0.3, -0.25) is 4.98 Å². The number of rotatable bonds is 1. The number of hydrogen-bond acceptors (Lipinski definition) is 3. The van der Waals surface area contributed by atoms with Crippen LogP contribution in [0.4, 0.5) is 0 Å². The molecule has 1 aromatic heterocycles. The maximum absolute atomic E-state index is 10.7. The molecule has 1 heterocycles. The summed E-state index contributed by atoms with van der Waals surface area (Å²) in [4.78, 5) is 14.5. The van der Waals surface area contributed by atoms with Gasteiger partial charge in [-0.1, -0.05) is 24.3 Å². The Labute approximate surface area is 74.7 Å². The number of fused-ring (bicyclic) bond motifs is 1. The van der Waals surface area contributed by atoms with Crippen molar-refractivity contribution in [2.24, 2.45) is 0 Å². The summed E-state index contributed by atoms with van der Waals surface area (Å²) in [5, 5.41) is 12.1. The molecule has 0 atom stereocenters. The number of pyridine rings is 1. The number of carboxylic acids is 1. The molecule has 0 amide bonds. The molecule has 0 aliphatic heterocycles. The van der Waals surface area contributed by atoms with Crippen molar-refractivity contribution in [1.82, 2.24) is 4.98 Å². The van der Waals surface area contributed by atoms with E-state index < -0.39 is 5.97 Å². The number of carbonyl (C=O) groups excluding carboxylic acids is 1. The molecular formula is C10H6NO2-. The van der Waals surface area contributed by atoms with Gasteiger partial charge in [0.05, 0.1) is 5.97 Å². The molecule has 0 aliphatic rings.